The number of hydrogen-bond donors (Lipinski definition) is 1. The zero-order valence-electron chi connectivity index (χ0n) is 9.71. The third kappa shape index (κ3) is 2.00. The fourth-order valence-corrected chi connectivity index (χ4v) is 1.74. The fraction of sp³-hybridized carbons (Fsp3) is 0.167. The van der Waals surface area contributed by atoms with Crippen molar-refractivity contribution in [2.45, 2.75) is 13.5 Å². The summed E-state index contributed by atoms with van der Waals surface area (Å²) in [6.45, 7) is 1.16. The Labute approximate surface area is 102 Å². The van der Waals surface area contributed by atoms with Gasteiger partial charge in [-0.1, -0.05) is 18.2 Å². The quantitative estimate of drug-likeness (QED) is 0.828. The van der Waals surface area contributed by atoms with Gasteiger partial charge in [-0.3, -0.25) is 14.4 Å². The van der Waals surface area contributed by atoms with Crippen molar-refractivity contribution in [2.24, 2.45) is 5.73 Å². The number of aromatic nitrogens is 2. The van der Waals surface area contributed by atoms with E-state index in [9.17, 15) is 14.4 Å². The molecule has 0 spiro atoms. The molecule has 1 aromatic carbocycles. The minimum atomic E-state index is -0.733. The van der Waals surface area contributed by atoms with E-state index in [-0.39, 0.29) is 18.0 Å². The lowest BCUT2D eigenvalue weighted by Gasteiger charge is -2.07. The Kier molecular flexibility index (Phi) is 2.93. The number of benzene rings is 1. The van der Waals surface area contributed by atoms with E-state index in [4.69, 9.17) is 5.73 Å². The van der Waals surface area contributed by atoms with Crippen molar-refractivity contribution >= 4 is 22.5 Å². The second kappa shape index (κ2) is 4.40. The molecule has 1 heterocycles. The van der Waals surface area contributed by atoms with Crippen molar-refractivity contribution in [2.75, 3.05) is 0 Å². The first-order chi connectivity index (χ1) is 8.50. The summed E-state index contributed by atoms with van der Waals surface area (Å²) in [5.74, 6) is -0.959. The molecular formula is C12H11N3O3. The zero-order valence-corrected chi connectivity index (χ0v) is 9.71. The molecule has 0 aliphatic carbocycles. The normalized spacial score (nSPS) is 10.5. The molecule has 1 amide bonds. The fourth-order valence-electron chi connectivity index (χ4n) is 1.74. The smallest absolute Gasteiger partial charge is 0.275 e. The highest BCUT2D eigenvalue weighted by atomic mass is 16.2. The van der Waals surface area contributed by atoms with Gasteiger partial charge in [-0.25, -0.2) is 4.68 Å². The molecular weight excluding hydrogens is 234 g/mol. The number of nitrogens with two attached hydrogens (primary N) is 1. The summed E-state index contributed by atoms with van der Waals surface area (Å²) in [5.41, 5.74) is 4.81. The average molecular weight is 245 g/mol. The van der Waals surface area contributed by atoms with Crippen LogP contribution >= 0.6 is 0 Å². The second-order valence-corrected chi connectivity index (χ2v) is 3.92. The Morgan fingerprint density at radius 1 is 1.28 bits per heavy atom. The van der Waals surface area contributed by atoms with E-state index in [1.807, 2.05) is 0 Å². The number of amides is 1. The van der Waals surface area contributed by atoms with E-state index < -0.39 is 11.5 Å². The van der Waals surface area contributed by atoms with Gasteiger partial charge in [0.2, 0.25) is 0 Å². The van der Waals surface area contributed by atoms with Gasteiger partial charge >= 0.3 is 0 Å². The van der Waals surface area contributed by atoms with Gasteiger partial charge in [-0.2, -0.15) is 5.10 Å². The minimum absolute atomic E-state index is 0.00792. The lowest BCUT2D eigenvalue weighted by molar-refractivity contribution is -0.117. The number of hydrogen-bond acceptors (Lipinski definition) is 4. The number of primary amides is 1. The van der Waals surface area contributed by atoms with Crippen LogP contribution in [0.1, 0.15) is 17.4 Å². The Morgan fingerprint density at radius 3 is 2.44 bits per heavy atom. The summed E-state index contributed by atoms with van der Waals surface area (Å²) in [5, 5.41) is 4.57. The predicted molar refractivity (Wildman–Crippen MR) is 65.2 cm³/mol. The first kappa shape index (κ1) is 12.0. The van der Waals surface area contributed by atoms with Gasteiger partial charge < -0.3 is 5.73 Å². The lowest BCUT2D eigenvalue weighted by Crippen LogP contribution is -2.29. The Balaban J connectivity index is 2.83. The highest BCUT2D eigenvalue weighted by Gasteiger charge is 2.14. The molecule has 2 rings (SSSR count). The summed E-state index contributed by atoms with van der Waals surface area (Å²) in [4.78, 5) is 34.4. The molecule has 18 heavy (non-hydrogen) atoms. The third-order valence-electron chi connectivity index (χ3n) is 2.47. The van der Waals surface area contributed by atoms with E-state index in [2.05, 4.69) is 5.10 Å². The zero-order chi connectivity index (χ0) is 13.3. The number of carbonyl (C=O) groups is 2. The van der Waals surface area contributed by atoms with Crippen molar-refractivity contribution in [3.8, 4) is 0 Å². The molecule has 2 N–H and O–H groups in total. The molecule has 2 aromatic rings. The molecule has 0 saturated heterocycles. The highest BCUT2D eigenvalue weighted by Crippen LogP contribution is 2.12. The van der Waals surface area contributed by atoms with Crippen LogP contribution in [-0.2, 0) is 11.3 Å². The van der Waals surface area contributed by atoms with Gasteiger partial charge in [0, 0.05) is 5.39 Å². The van der Waals surface area contributed by atoms with Crippen LogP contribution in [0, 0.1) is 0 Å². The lowest BCUT2D eigenvalue weighted by atomic mass is 10.1. The van der Waals surface area contributed by atoms with Crippen LogP contribution < -0.4 is 11.3 Å². The summed E-state index contributed by atoms with van der Waals surface area (Å²) < 4.78 is 0.963. The monoisotopic (exact) mass is 245 g/mol. The molecule has 0 saturated carbocycles. The van der Waals surface area contributed by atoms with Crippen LogP contribution in [0.15, 0.2) is 29.1 Å². The van der Waals surface area contributed by atoms with Crippen LogP contribution in [0.5, 0.6) is 0 Å². The van der Waals surface area contributed by atoms with Gasteiger partial charge in [0.1, 0.15) is 6.54 Å². The van der Waals surface area contributed by atoms with Crippen molar-refractivity contribution in [3.05, 3.63) is 40.3 Å². The topological polar surface area (TPSA) is 95.0 Å². The molecule has 6 heteroatoms. The molecule has 0 aliphatic heterocycles. The summed E-state index contributed by atoms with van der Waals surface area (Å²) in [7, 11) is 0. The van der Waals surface area contributed by atoms with Gasteiger partial charge in [0.15, 0.2) is 11.5 Å². The van der Waals surface area contributed by atoms with Gasteiger partial charge in [0.25, 0.3) is 11.5 Å². The second-order valence-electron chi connectivity index (χ2n) is 3.92. The number of fused-ring (bicyclic) bond motifs is 1. The van der Waals surface area contributed by atoms with E-state index >= 15 is 0 Å². The highest BCUT2D eigenvalue weighted by molar-refractivity contribution is 6.04. The van der Waals surface area contributed by atoms with Crippen LogP contribution in [0.4, 0.5) is 0 Å². The van der Waals surface area contributed by atoms with Crippen molar-refractivity contribution in [1.82, 2.24) is 9.78 Å². The van der Waals surface area contributed by atoms with Crippen molar-refractivity contribution < 1.29 is 9.59 Å². The Morgan fingerprint density at radius 2 is 1.89 bits per heavy atom. The number of nitrogens with zero attached hydrogens (tertiary/aromatic N) is 2. The van der Waals surface area contributed by atoms with Crippen LogP contribution in [0.2, 0.25) is 0 Å². The average Bonchev–Trinajstić information content (AvgIpc) is 2.32. The maximum atomic E-state index is 12.0. The standard InChI is InChI=1S/C12H11N3O3/c1-7(16)6-15-12(18)9-5-3-2-4-8(9)10(14-15)11(13)17/h2-5H,6H2,1H3,(H2,13,17). The van der Waals surface area contributed by atoms with E-state index in [0.29, 0.717) is 10.8 Å². The minimum Gasteiger partial charge on any atom is -0.364 e. The van der Waals surface area contributed by atoms with Crippen molar-refractivity contribution in [1.29, 1.82) is 0 Å². The third-order valence-corrected chi connectivity index (χ3v) is 2.47. The van der Waals surface area contributed by atoms with Crippen LogP contribution in [-0.4, -0.2) is 21.5 Å². The van der Waals surface area contributed by atoms with Gasteiger partial charge in [-0.05, 0) is 13.0 Å². The van der Waals surface area contributed by atoms with E-state index in [1.165, 1.54) is 6.92 Å². The van der Waals surface area contributed by atoms with Gasteiger partial charge in [0.05, 0.1) is 5.39 Å². The number of carbonyl (C=O) groups excluding carboxylic acids is 2. The Bertz CT molecular complexity index is 703. The summed E-state index contributed by atoms with van der Waals surface area (Å²) in [6.07, 6.45) is 0. The molecule has 0 atom stereocenters. The number of ketones is 1. The molecule has 0 bridgehead atoms. The molecule has 0 unspecified atom stereocenters. The largest absolute Gasteiger partial charge is 0.364 e. The first-order valence-electron chi connectivity index (χ1n) is 5.30. The van der Waals surface area contributed by atoms with Gasteiger partial charge in [-0.15, -0.1) is 0 Å². The SMILES string of the molecule is CC(=O)Cn1nc(C(N)=O)c2ccccc2c1=O. The molecule has 0 aliphatic rings. The van der Waals surface area contributed by atoms with Crippen LogP contribution in [0.3, 0.4) is 0 Å². The molecule has 6 nitrogen and oxygen atoms in total. The maximum absolute atomic E-state index is 12.0. The number of Topliss-reactive ketones (excluding diaryl/α,β-unsaturated/α-hetero) is 1. The Hall–Kier alpha value is -2.50. The predicted octanol–water partition coefficient (Wildman–Crippen LogP) is 0.0844. The maximum Gasteiger partial charge on any atom is 0.275 e. The molecule has 0 fully saturated rings. The molecule has 0 radical (unpaired) electrons. The van der Waals surface area contributed by atoms with Crippen molar-refractivity contribution in [3.63, 3.8) is 0 Å². The number of rotatable bonds is 3. The summed E-state index contributed by atoms with van der Waals surface area (Å²) >= 11 is 0. The summed E-state index contributed by atoms with van der Waals surface area (Å²) in [6, 6.07) is 6.53. The van der Waals surface area contributed by atoms with Crippen LogP contribution in [0.25, 0.3) is 10.8 Å². The molecule has 92 valence electrons. The first-order valence-corrected chi connectivity index (χ1v) is 5.30. The van der Waals surface area contributed by atoms with E-state index in [1.54, 1.807) is 24.3 Å². The van der Waals surface area contributed by atoms with E-state index in [0.717, 1.165) is 4.68 Å². The molecule has 1 aromatic heterocycles.